The molecular formula is C21H21F5N2O5S. The number of amides is 1. The predicted octanol–water partition coefficient (Wildman–Crippen LogP) is 3.93. The average molecular weight is 508 g/mol. The summed E-state index contributed by atoms with van der Waals surface area (Å²) >= 11 is 0. The van der Waals surface area contributed by atoms with Gasteiger partial charge >= 0.3 is 6.18 Å². The van der Waals surface area contributed by atoms with E-state index in [1.54, 1.807) is 0 Å². The van der Waals surface area contributed by atoms with E-state index in [-0.39, 0.29) is 41.1 Å². The highest BCUT2D eigenvalue weighted by Gasteiger charge is 2.65. The Morgan fingerprint density at radius 2 is 1.97 bits per heavy atom. The summed E-state index contributed by atoms with van der Waals surface area (Å²) in [6, 6.07) is 3.34. The second kappa shape index (κ2) is 7.65. The standard InChI is InChI=1S/C21H21F5N2O5S/c1-11(19(2,22)23)33-15-5-4-13(34(3,30)31)6-14(15)17(29)28-8-12-7-20(12,10-28)18-27-16(9-32-18)21(24,25)26/h4-6,9,11-12H,7-8,10H2,1-3H3. The number of hydrogen-bond acceptors (Lipinski definition) is 6. The molecule has 1 aliphatic carbocycles. The van der Waals surface area contributed by atoms with Crippen LogP contribution in [0.15, 0.2) is 33.8 Å². The summed E-state index contributed by atoms with van der Waals surface area (Å²) in [4.78, 5) is 18.0. The van der Waals surface area contributed by atoms with Gasteiger partial charge in [0.1, 0.15) is 12.0 Å². The van der Waals surface area contributed by atoms with E-state index in [4.69, 9.17) is 9.15 Å². The summed E-state index contributed by atoms with van der Waals surface area (Å²) in [5.41, 5.74) is -2.28. The third-order valence-electron chi connectivity index (χ3n) is 6.28. The van der Waals surface area contributed by atoms with Crippen molar-refractivity contribution in [1.29, 1.82) is 0 Å². The van der Waals surface area contributed by atoms with Crippen molar-refractivity contribution in [3.63, 3.8) is 0 Å². The van der Waals surface area contributed by atoms with Crippen molar-refractivity contribution in [3.8, 4) is 5.75 Å². The summed E-state index contributed by atoms with van der Waals surface area (Å²) in [7, 11) is -3.73. The monoisotopic (exact) mass is 508 g/mol. The number of aromatic nitrogens is 1. The first-order chi connectivity index (χ1) is 15.5. The van der Waals surface area contributed by atoms with Crippen LogP contribution in [-0.4, -0.2) is 55.6 Å². The van der Waals surface area contributed by atoms with E-state index in [2.05, 4.69) is 4.98 Å². The lowest BCUT2D eigenvalue weighted by Gasteiger charge is -2.25. The zero-order valence-electron chi connectivity index (χ0n) is 18.3. The molecule has 1 aliphatic heterocycles. The topological polar surface area (TPSA) is 89.7 Å². The van der Waals surface area contributed by atoms with Crippen LogP contribution in [0.1, 0.15) is 42.2 Å². The fourth-order valence-electron chi connectivity index (χ4n) is 4.08. The minimum Gasteiger partial charge on any atom is -0.484 e. The molecule has 0 bridgehead atoms. The van der Waals surface area contributed by atoms with Gasteiger partial charge in [-0.05, 0) is 37.5 Å². The van der Waals surface area contributed by atoms with Gasteiger partial charge in [-0.3, -0.25) is 4.79 Å². The number of nitrogens with zero attached hydrogens (tertiary/aromatic N) is 2. The molecule has 186 valence electrons. The van der Waals surface area contributed by atoms with Gasteiger partial charge in [0, 0.05) is 26.3 Å². The molecule has 34 heavy (non-hydrogen) atoms. The van der Waals surface area contributed by atoms with E-state index < -0.39 is 45.1 Å². The number of carbonyl (C=O) groups excluding carboxylic acids is 1. The van der Waals surface area contributed by atoms with Crippen LogP contribution >= 0.6 is 0 Å². The van der Waals surface area contributed by atoms with Crippen LogP contribution in [0.4, 0.5) is 22.0 Å². The Hall–Kier alpha value is -2.70. The first kappa shape index (κ1) is 24.4. The number of alkyl halides is 5. The summed E-state index contributed by atoms with van der Waals surface area (Å²) in [6.45, 7) is 1.90. The second-order valence-electron chi connectivity index (χ2n) is 8.93. The Kier molecular flexibility index (Phi) is 5.50. The smallest absolute Gasteiger partial charge is 0.436 e. The molecule has 0 spiro atoms. The van der Waals surface area contributed by atoms with Crippen LogP contribution in [0.3, 0.4) is 0 Å². The lowest BCUT2D eigenvalue weighted by atomic mass is 10.1. The molecule has 1 saturated carbocycles. The SMILES string of the molecule is CC(Oc1ccc(S(C)(=O)=O)cc1C(=O)N1CC2CC2(c2nc(C(F)(F)F)co2)C1)C(C)(F)F. The number of piperidine rings is 1. The van der Waals surface area contributed by atoms with Crippen molar-refractivity contribution in [3.05, 3.63) is 41.6 Å². The number of sulfone groups is 1. The highest BCUT2D eigenvalue weighted by atomic mass is 32.2. The first-order valence-electron chi connectivity index (χ1n) is 10.2. The van der Waals surface area contributed by atoms with E-state index in [0.717, 1.165) is 31.4 Å². The predicted molar refractivity (Wildman–Crippen MR) is 107 cm³/mol. The number of likely N-dealkylation sites (tertiary alicyclic amines) is 1. The summed E-state index contributed by atoms with van der Waals surface area (Å²) in [5, 5.41) is 0. The second-order valence-corrected chi connectivity index (χ2v) is 10.9. The molecule has 1 aromatic heterocycles. The molecule has 3 unspecified atom stereocenters. The van der Waals surface area contributed by atoms with Gasteiger partial charge in [0.15, 0.2) is 21.6 Å². The van der Waals surface area contributed by atoms with E-state index in [1.807, 2.05) is 0 Å². The molecule has 4 rings (SSSR count). The third-order valence-corrected chi connectivity index (χ3v) is 7.39. The van der Waals surface area contributed by atoms with Gasteiger partial charge in [-0.2, -0.15) is 13.2 Å². The Morgan fingerprint density at radius 1 is 1.29 bits per heavy atom. The highest BCUT2D eigenvalue weighted by molar-refractivity contribution is 7.90. The fourth-order valence-corrected chi connectivity index (χ4v) is 4.72. The number of benzene rings is 1. The van der Waals surface area contributed by atoms with Crippen LogP contribution in [0, 0.1) is 5.92 Å². The fraction of sp³-hybridized carbons (Fsp3) is 0.524. The van der Waals surface area contributed by atoms with Gasteiger partial charge in [0.05, 0.1) is 15.9 Å². The third kappa shape index (κ3) is 4.37. The largest absolute Gasteiger partial charge is 0.484 e. The maximum Gasteiger partial charge on any atom is 0.436 e. The van der Waals surface area contributed by atoms with Crippen molar-refractivity contribution >= 4 is 15.7 Å². The molecule has 7 nitrogen and oxygen atoms in total. The maximum absolute atomic E-state index is 13.7. The van der Waals surface area contributed by atoms with Gasteiger partial charge in [-0.15, -0.1) is 0 Å². The van der Waals surface area contributed by atoms with E-state index in [1.165, 1.54) is 4.90 Å². The van der Waals surface area contributed by atoms with Crippen molar-refractivity contribution in [2.75, 3.05) is 19.3 Å². The van der Waals surface area contributed by atoms with E-state index >= 15 is 0 Å². The minimum atomic E-state index is -4.67. The van der Waals surface area contributed by atoms with Gasteiger partial charge < -0.3 is 14.1 Å². The number of carbonyl (C=O) groups is 1. The number of ether oxygens (including phenoxy) is 1. The first-order valence-corrected chi connectivity index (χ1v) is 12.1. The summed E-state index contributed by atoms with van der Waals surface area (Å²) < 4.78 is 100. The Balaban J connectivity index is 1.63. The lowest BCUT2D eigenvalue weighted by molar-refractivity contribution is -0.141. The molecule has 0 radical (unpaired) electrons. The molecule has 1 saturated heterocycles. The maximum atomic E-state index is 13.7. The normalized spacial score (nSPS) is 23.5. The number of halogens is 5. The van der Waals surface area contributed by atoms with Gasteiger partial charge in [0.2, 0.25) is 5.89 Å². The molecule has 2 heterocycles. The zero-order chi connectivity index (χ0) is 25.3. The molecule has 0 N–H and O–H groups in total. The van der Waals surface area contributed by atoms with E-state index in [9.17, 15) is 35.2 Å². The Morgan fingerprint density at radius 3 is 2.53 bits per heavy atom. The Labute approximate surface area is 191 Å². The highest BCUT2D eigenvalue weighted by Crippen LogP contribution is 2.59. The van der Waals surface area contributed by atoms with E-state index in [0.29, 0.717) is 19.6 Å². The van der Waals surface area contributed by atoms with Crippen LogP contribution in [0.25, 0.3) is 0 Å². The molecule has 1 aromatic carbocycles. The van der Waals surface area contributed by atoms with Crippen LogP contribution in [-0.2, 0) is 21.4 Å². The van der Waals surface area contributed by atoms with Crippen LogP contribution in [0.2, 0.25) is 0 Å². The summed E-state index contributed by atoms with van der Waals surface area (Å²) in [6.07, 6.45) is -4.36. The lowest BCUT2D eigenvalue weighted by Crippen LogP contribution is -2.35. The summed E-state index contributed by atoms with van der Waals surface area (Å²) in [5.74, 6) is -4.48. The number of oxazole rings is 1. The molecule has 2 fully saturated rings. The average Bonchev–Trinajstić information content (AvgIpc) is 3.07. The minimum absolute atomic E-state index is 0.0175. The van der Waals surface area contributed by atoms with Crippen molar-refractivity contribution in [2.45, 2.75) is 48.8 Å². The number of hydrogen-bond donors (Lipinski definition) is 0. The zero-order valence-corrected chi connectivity index (χ0v) is 19.1. The molecular weight excluding hydrogens is 487 g/mol. The van der Waals surface area contributed by atoms with Crippen molar-refractivity contribution in [1.82, 2.24) is 9.88 Å². The van der Waals surface area contributed by atoms with Gasteiger partial charge in [-0.25, -0.2) is 22.2 Å². The molecule has 2 aromatic rings. The van der Waals surface area contributed by atoms with Gasteiger partial charge in [0.25, 0.3) is 11.8 Å². The van der Waals surface area contributed by atoms with Crippen molar-refractivity contribution in [2.24, 2.45) is 5.92 Å². The molecule has 13 heteroatoms. The molecule has 3 atom stereocenters. The number of fused-ring (bicyclic) bond motifs is 1. The Bertz CT molecular complexity index is 1240. The van der Waals surface area contributed by atoms with Crippen LogP contribution in [0.5, 0.6) is 5.75 Å². The van der Waals surface area contributed by atoms with Crippen LogP contribution < -0.4 is 4.74 Å². The number of rotatable bonds is 6. The van der Waals surface area contributed by atoms with Gasteiger partial charge in [-0.1, -0.05) is 0 Å². The molecule has 2 aliphatic rings. The van der Waals surface area contributed by atoms with Crippen molar-refractivity contribution < 1.29 is 44.3 Å². The quantitative estimate of drug-likeness (QED) is 0.550. The molecule has 1 amide bonds.